The van der Waals surface area contributed by atoms with E-state index in [1.807, 2.05) is 38.1 Å². The number of hydrogen-bond donors (Lipinski definition) is 2. The summed E-state index contributed by atoms with van der Waals surface area (Å²) in [6, 6.07) is 9.46. The zero-order valence-corrected chi connectivity index (χ0v) is 10.3. The summed E-state index contributed by atoms with van der Waals surface area (Å²) in [5, 5.41) is 12.3. The fourth-order valence-electron chi connectivity index (χ4n) is 1.69. The van der Waals surface area contributed by atoms with Crippen LogP contribution in [0.3, 0.4) is 0 Å². The molecule has 1 aromatic carbocycles. The molecule has 0 aliphatic rings. The predicted molar refractivity (Wildman–Crippen MR) is 70.4 cm³/mol. The summed E-state index contributed by atoms with van der Waals surface area (Å²) in [4.78, 5) is 15.1. The zero-order valence-electron chi connectivity index (χ0n) is 10.3. The minimum atomic E-state index is -0.987. The summed E-state index contributed by atoms with van der Waals surface area (Å²) in [6.07, 6.45) is 1.37. The molecule has 4 nitrogen and oxygen atoms in total. The quantitative estimate of drug-likeness (QED) is 0.868. The number of carbonyl (C=O) groups is 1. The molecule has 0 atom stereocenters. The number of aromatic carboxylic acids is 1. The molecule has 2 rings (SSSR count). The summed E-state index contributed by atoms with van der Waals surface area (Å²) in [7, 11) is 0. The molecule has 0 aliphatic heterocycles. The van der Waals surface area contributed by atoms with Gasteiger partial charge in [0.05, 0.1) is 5.69 Å². The first-order valence-electron chi connectivity index (χ1n) is 5.60. The largest absolute Gasteiger partial charge is 0.478 e. The Balaban J connectivity index is 2.42. The van der Waals surface area contributed by atoms with E-state index in [-0.39, 0.29) is 5.56 Å². The van der Waals surface area contributed by atoms with Gasteiger partial charge in [0.25, 0.3) is 0 Å². The van der Waals surface area contributed by atoms with Crippen molar-refractivity contribution in [2.75, 3.05) is 5.32 Å². The molecule has 4 heteroatoms. The Hall–Kier alpha value is -2.36. The third-order valence-corrected chi connectivity index (χ3v) is 2.69. The average molecular weight is 242 g/mol. The number of nitrogens with one attached hydrogen (secondary N) is 1. The Morgan fingerprint density at radius 3 is 2.61 bits per heavy atom. The summed E-state index contributed by atoms with van der Waals surface area (Å²) >= 11 is 0. The van der Waals surface area contributed by atoms with E-state index in [2.05, 4.69) is 10.3 Å². The molecule has 0 fully saturated rings. The Morgan fingerprint density at radius 1 is 1.22 bits per heavy atom. The van der Waals surface area contributed by atoms with E-state index in [0.29, 0.717) is 5.69 Å². The van der Waals surface area contributed by atoms with Crippen molar-refractivity contribution in [2.24, 2.45) is 0 Å². The Bertz CT molecular complexity index is 594. The van der Waals surface area contributed by atoms with Gasteiger partial charge in [-0.25, -0.2) is 4.79 Å². The van der Waals surface area contributed by atoms with E-state index in [4.69, 9.17) is 5.11 Å². The Morgan fingerprint density at radius 2 is 1.94 bits per heavy atom. The van der Waals surface area contributed by atoms with Gasteiger partial charge in [-0.15, -0.1) is 0 Å². The van der Waals surface area contributed by atoms with Gasteiger partial charge in [-0.2, -0.15) is 0 Å². The molecule has 0 bridgehead atoms. The van der Waals surface area contributed by atoms with Crippen LogP contribution in [0.1, 0.15) is 21.6 Å². The smallest absolute Gasteiger partial charge is 0.339 e. The molecule has 0 saturated heterocycles. The third kappa shape index (κ3) is 2.48. The number of carboxylic acids is 1. The number of nitrogens with zero attached hydrogens (tertiary/aromatic N) is 1. The van der Waals surface area contributed by atoms with E-state index in [1.165, 1.54) is 6.20 Å². The number of para-hydroxylation sites is 1. The number of rotatable bonds is 3. The molecule has 92 valence electrons. The van der Waals surface area contributed by atoms with E-state index in [1.54, 1.807) is 6.07 Å². The summed E-state index contributed by atoms with van der Waals surface area (Å²) in [6.45, 7) is 3.80. The highest BCUT2D eigenvalue weighted by Crippen LogP contribution is 2.23. The van der Waals surface area contributed by atoms with Gasteiger partial charge in [-0.05, 0) is 31.5 Å². The SMILES string of the molecule is Cc1cc(Nc2ccccc2C)c(C(=O)O)cn1. The molecule has 1 aromatic heterocycles. The first-order valence-corrected chi connectivity index (χ1v) is 5.60. The number of aryl methyl sites for hydroxylation is 2. The maximum atomic E-state index is 11.1. The number of benzene rings is 1. The lowest BCUT2D eigenvalue weighted by Gasteiger charge is -2.12. The third-order valence-electron chi connectivity index (χ3n) is 2.69. The van der Waals surface area contributed by atoms with Crippen LogP contribution in [0.15, 0.2) is 36.5 Å². The molecule has 0 saturated carbocycles. The van der Waals surface area contributed by atoms with Gasteiger partial charge in [-0.3, -0.25) is 4.98 Å². The number of anilines is 2. The van der Waals surface area contributed by atoms with Crippen LogP contribution < -0.4 is 5.32 Å². The molecule has 1 heterocycles. The normalized spacial score (nSPS) is 10.1. The van der Waals surface area contributed by atoms with E-state index < -0.39 is 5.97 Å². The lowest BCUT2D eigenvalue weighted by Crippen LogP contribution is -2.05. The standard InChI is InChI=1S/C14H14N2O2/c1-9-5-3-4-6-12(9)16-13-7-10(2)15-8-11(13)14(17)18/h3-8H,1-2H3,(H,15,16)(H,17,18). The first kappa shape index (κ1) is 12.1. The van der Waals surface area contributed by atoms with Gasteiger partial charge in [-0.1, -0.05) is 18.2 Å². The Labute approximate surface area is 105 Å². The van der Waals surface area contributed by atoms with Crippen molar-refractivity contribution in [1.82, 2.24) is 4.98 Å². The molecule has 2 aromatic rings. The van der Waals surface area contributed by atoms with Crippen molar-refractivity contribution in [2.45, 2.75) is 13.8 Å². The van der Waals surface area contributed by atoms with E-state index in [0.717, 1.165) is 16.9 Å². The molecule has 2 N–H and O–H groups in total. The zero-order chi connectivity index (χ0) is 13.1. The fraction of sp³-hybridized carbons (Fsp3) is 0.143. The minimum Gasteiger partial charge on any atom is -0.478 e. The number of carboxylic acid groups (broad SMARTS) is 1. The van der Waals surface area contributed by atoms with E-state index >= 15 is 0 Å². The van der Waals surface area contributed by atoms with Crippen LogP contribution >= 0.6 is 0 Å². The Kier molecular flexibility index (Phi) is 3.28. The highest BCUT2D eigenvalue weighted by Gasteiger charge is 2.11. The van der Waals surface area contributed by atoms with Crippen LogP contribution in [0, 0.1) is 13.8 Å². The molecular formula is C14H14N2O2. The lowest BCUT2D eigenvalue weighted by atomic mass is 10.1. The van der Waals surface area contributed by atoms with Crippen molar-refractivity contribution in [1.29, 1.82) is 0 Å². The molecule has 0 amide bonds. The monoisotopic (exact) mass is 242 g/mol. The second-order valence-electron chi connectivity index (χ2n) is 4.12. The average Bonchev–Trinajstić information content (AvgIpc) is 2.32. The molecule has 0 spiro atoms. The van der Waals surface area contributed by atoms with Crippen LogP contribution in [0.5, 0.6) is 0 Å². The maximum Gasteiger partial charge on any atom is 0.339 e. The highest BCUT2D eigenvalue weighted by molar-refractivity contribution is 5.95. The molecule has 0 unspecified atom stereocenters. The summed E-state index contributed by atoms with van der Waals surface area (Å²) < 4.78 is 0. The van der Waals surface area contributed by atoms with Gasteiger partial charge >= 0.3 is 5.97 Å². The van der Waals surface area contributed by atoms with Crippen LogP contribution in [-0.4, -0.2) is 16.1 Å². The first-order chi connectivity index (χ1) is 8.58. The van der Waals surface area contributed by atoms with Crippen molar-refractivity contribution < 1.29 is 9.90 Å². The van der Waals surface area contributed by atoms with Crippen molar-refractivity contribution in [3.05, 3.63) is 53.3 Å². The van der Waals surface area contributed by atoms with Gasteiger partial charge in [0.2, 0.25) is 0 Å². The van der Waals surface area contributed by atoms with Crippen LogP contribution in [-0.2, 0) is 0 Å². The molecule has 0 aliphatic carbocycles. The second-order valence-corrected chi connectivity index (χ2v) is 4.12. The highest BCUT2D eigenvalue weighted by atomic mass is 16.4. The molecular weight excluding hydrogens is 228 g/mol. The van der Waals surface area contributed by atoms with E-state index in [9.17, 15) is 4.79 Å². The van der Waals surface area contributed by atoms with Gasteiger partial charge in [0.15, 0.2) is 0 Å². The number of hydrogen-bond acceptors (Lipinski definition) is 3. The van der Waals surface area contributed by atoms with Crippen LogP contribution in [0.25, 0.3) is 0 Å². The number of pyridine rings is 1. The summed E-state index contributed by atoms with van der Waals surface area (Å²) in [5.74, 6) is -0.987. The predicted octanol–water partition coefficient (Wildman–Crippen LogP) is 3.14. The van der Waals surface area contributed by atoms with Crippen molar-refractivity contribution >= 4 is 17.3 Å². The maximum absolute atomic E-state index is 11.1. The van der Waals surface area contributed by atoms with Gasteiger partial charge in [0, 0.05) is 17.6 Å². The second kappa shape index (κ2) is 4.87. The van der Waals surface area contributed by atoms with Crippen molar-refractivity contribution in [3.63, 3.8) is 0 Å². The lowest BCUT2D eigenvalue weighted by molar-refractivity contribution is 0.0697. The number of aromatic nitrogens is 1. The molecule has 18 heavy (non-hydrogen) atoms. The topological polar surface area (TPSA) is 62.2 Å². The fourth-order valence-corrected chi connectivity index (χ4v) is 1.69. The van der Waals surface area contributed by atoms with Crippen molar-refractivity contribution in [3.8, 4) is 0 Å². The van der Waals surface area contributed by atoms with Crippen LogP contribution in [0.4, 0.5) is 11.4 Å². The van der Waals surface area contributed by atoms with Crippen LogP contribution in [0.2, 0.25) is 0 Å². The molecule has 0 radical (unpaired) electrons. The van der Waals surface area contributed by atoms with Gasteiger partial charge < -0.3 is 10.4 Å². The minimum absolute atomic E-state index is 0.170. The van der Waals surface area contributed by atoms with Gasteiger partial charge in [0.1, 0.15) is 5.56 Å². The summed E-state index contributed by atoms with van der Waals surface area (Å²) in [5.41, 5.74) is 3.46.